The van der Waals surface area contributed by atoms with Crippen LogP contribution in [0, 0.1) is 0 Å². The van der Waals surface area contributed by atoms with Crippen molar-refractivity contribution >= 4 is 29.2 Å². The molecule has 0 spiro atoms. The SMILES string of the molecule is COc1ccc(C2CC(c3ccc(Cl)cc3)=NN2C(=O)CCC(=O)O)cc1. The van der Waals surface area contributed by atoms with Crippen LogP contribution in [0.1, 0.15) is 36.4 Å². The molecule has 3 rings (SSSR count). The summed E-state index contributed by atoms with van der Waals surface area (Å²) < 4.78 is 5.19. The minimum atomic E-state index is -1.01. The van der Waals surface area contributed by atoms with E-state index in [-0.39, 0.29) is 24.8 Å². The van der Waals surface area contributed by atoms with Gasteiger partial charge in [-0.1, -0.05) is 35.9 Å². The predicted molar refractivity (Wildman–Crippen MR) is 102 cm³/mol. The number of ether oxygens (including phenoxy) is 1. The summed E-state index contributed by atoms with van der Waals surface area (Å²) in [6.45, 7) is 0. The van der Waals surface area contributed by atoms with Crippen LogP contribution in [0.3, 0.4) is 0 Å². The first-order chi connectivity index (χ1) is 13.0. The fraction of sp³-hybridized carbons (Fsp3) is 0.250. The van der Waals surface area contributed by atoms with Crippen LogP contribution < -0.4 is 4.74 Å². The standard InChI is InChI=1S/C20H19ClN2O4/c1-27-16-8-4-14(5-9-16)18-12-17(13-2-6-15(21)7-3-13)22-23(18)19(24)10-11-20(25)26/h2-9,18H,10-12H2,1H3,(H,25,26). The summed E-state index contributed by atoms with van der Waals surface area (Å²) in [5, 5.41) is 15.4. The number of rotatable bonds is 6. The molecule has 0 bridgehead atoms. The maximum atomic E-state index is 12.6. The lowest BCUT2D eigenvalue weighted by molar-refractivity contribution is -0.141. The normalized spacial score (nSPS) is 16.1. The highest BCUT2D eigenvalue weighted by molar-refractivity contribution is 6.30. The Morgan fingerprint density at radius 1 is 1.15 bits per heavy atom. The second kappa shape index (κ2) is 8.22. The summed E-state index contributed by atoms with van der Waals surface area (Å²) >= 11 is 5.95. The number of aliphatic carboxylic acids is 1. The number of carbonyl (C=O) groups excluding carboxylic acids is 1. The van der Waals surface area contributed by atoms with Crippen molar-refractivity contribution < 1.29 is 19.4 Å². The zero-order valence-electron chi connectivity index (χ0n) is 14.8. The van der Waals surface area contributed by atoms with Crippen molar-refractivity contribution in [2.45, 2.75) is 25.3 Å². The van der Waals surface area contributed by atoms with Crippen LogP contribution in [-0.2, 0) is 9.59 Å². The number of carboxylic acids is 1. The molecule has 1 atom stereocenters. The lowest BCUT2D eigenvalue weighted by Crippen LogP contribution is -2.27. The van der Waals surface area contributed by atoms with Gasteiger partial charge >= 0.3 is 5.97 Å². The number of hydrogen-bond acceptors (Lipinski definition) is 4. The lowest BCUT2D eigenvalue weighted by atomic mass is 9.98. The van der Waals surface area contributed by atoms with E-state index in [1.165, 1.54) is 5.01 Å². The van der Waals surface area contributed by atoms with Gasteiger partial charge in [0.05, 0.1) is 25.3 Å². The van der Waals surface area contributed by atoms with Gasteiger partial charge in [0, 0.05) is 17.9 Å². The number of carbonyl (C=O) groups is 2. The van der Waals surface area contributed by atoms with E-state index in [9.17, 15) is 9.59 Å². The summed E-state index contributed by atoms with van der Waals surface area (Å²) in [4.78, 5) is 23.4. The van der Waals surface area contributed by atoms with Gasteiger partial charge in [0.1, 0.15) is 5.75 Å². The molecule has 1 aliphatic rings. The molecule has 1 N–H and O–H groups in total. The molecule has 1 heterocycles. The Morgan fingerprint density at radius 2 is 1.81 bits per heavy atom. The highest BCUT2D eigenvalue weighted by Crippen LogP contribution is 2.34. The topological polar surface area (TPSA) is 79.2 Å². The molecular formula is C20H19ClN2O4. The molecule has 0 aromatic heterocycles. The lowest BCUT2D eigenvalue weighted by Gasteiger charge is -2.22. The van der Waals surface area contributed by atoms with Crippen molar-refractivity contribution in [3.05, 3.63) is 64.7 Å². The van der Waals surface area contributed by atoms with Crippen LogP contribution in [-0.4, -0.2) is 34.8 Å². The highest BCUT2D eigenvalue weighted by Gasteiger charge is 2.33. The Kier molecular flexibility index (Phi) is 5.76. The first-order valence-corrected chi connectivity index (χ1v) is 8.87. The molecule has 1 amide bonds. The van der Waals surface area contributed by atoms with E-state index in [1.807, 2.05) is 36.4 Å². The number of carboxylic acid groups (broad SMARTS) is 1. The Bertz CT molecular complexity index is 863. The zero-order chi connectivity index (χ0) is 19.4. The van der Waals surface area contributed by atoms with Gasteiger partial charge in [-0.05, 0) is 35.4 Å². The summed E-state index contributed by atoms with van der Waals surface area (Å²) in [6, 6.07) is 14.4. The number of methoxy groups -OCH3 is 1. The van der Waals surface area contributed by atoms with Crippen molar-refractivity contribution in [1.29, 1.82) is 0 Å². The fourth-order valence-corrected chi connectivity index (χ4v) is 3.10. The summed E-state index contributed by atoms with van der Waals surface area (Å²) in [6.07, 6.45) is 0.211. The molecule has 1 unspecified atom stereocenters. The second-order valence-corrected chi connectivity index (χ2v) is 6.62. The van der Waals surface area contributed by atoms with E-state index in [1.54, 1.807) is 19.2 Å². The van der Waals surface area contributed by atoms with Gasteiger partial charge in [0.15, 0.2) is 0 Å². The molecule has 27 heavy (non-hydrogen) atoms. The highest BCUT2D eigenvalue weighted by atomic mass is 35.5. The average Bonchev–Trinajstić information content (AvgIpc) is 3.12. The van der Waals surface area contributed by atoms with E-state index in [4.69, 9.17) is 21.4 Å². The number of halogens is 1. The molecule has 0 aliphatic carbocycles. The van der Waals surface area contributed by atoms with Crippen molar-refractivity contribution in [2.75, 3.05) is 7.11 Å². The van der Waals surface area contributed by atoms with Gasteiger partial charge in [-0.2, -0.15) is 5.10 Å². The fourth-order valence-electron chi connectivity index (χ4n) is 2.97. The van der Waals surface area contributed by atoms with Crippen molar-refractivity contribution in [3.63, 3.8) is 0 Å². The van der Waals surface area contributed by atoms with E-state index >= 15 is 0 Å². The average molecular weight is 387 g/mol. The van der Waals surface area contributed by atoms with Crippen molar-refractivity contribution in [2.24, 2.45) is 5.10 Å². The molecule has 2 aromatic carbocycles. The Hall–Kier alpha value is -2.86. The van der Waals surface area contributed by atoms with E-state index in [0.717, 1.165) is 22.6 Å². The molecule has 140 valence electrons. The number of benzene rings is 2. The van der Waals surface area contributed by atoms with Crippen LogP contribution >= 0.6 is 11.6 Å². The quantitative estimate of drug-likeness (QED) is 0.816. The Labute approximate surface area is 162 Å². The van der Waals surface area contributed by atoms with Gasteiger partial charge in [-0.25, -0.2) is 5.01 Å². The number of hydrazone groups is 1. The van der Waals surface area contributed by atoms with Crippen LogP contribution in [0.5, 0.6) is 5.75 Å². The predicted octanol–water partition coefficient (Wildman–Crippen LogP) is 3.89. The third-order valence-electron chi connectivity index (χ3n) is 4.40. The summed E-state index contributed by atoms with van der Waals surface area (Å²) in [7, 11) is 1.59. The van der Waals surface area contributed by atoms with Crippen molar-refractivity contribution in [3.8, 4) is 5.75 Å². The molecule has 0 saturated heterocycles. The van der Waals surface area contributed by atoms with Crippen LogP contribution in [0.4, 0.5) is 0 Å². The molecule has 7 heteroatoms. The molecule has 0 fully saturated rings. The van der Waals surface area contributed by atoms with Gasteiger partial charge in [-0.15, -0.1) is 0 Å². The van der Waals surface area contributed by atoms with Crippen LogP contribution in [0.15, 0.2) is 53.6 Å². The first kappa shape index (κ1) is 18.9. The number of amides is 1. The minimum absolute atomic E-state index is 0.0978. The van der Waals surface area contributed by atoms with E-state index < -0.39 is 5.97 Å². The molecule has 1 aliphatic heterocycles. The van der Waals surface area contributed by atoms with Crippen LogP contribution in [0.2, 0.25) is 5.02 Å². The maximum Gasteiger partial charge on any atom is 0.303 e. The molecule has 0 saturated carbocycles. The van der Waals surface area contributed by atoms with Gasteiger partial charge in [0.25, 0.3) is 0 Å². The largest absolute Gasteiger partial charge is 0.497 e. The summed E-state index contributed by atoms with van der Waals surface area (Å²) in [5.41, 5.74) is 2.55. The smallest absolute Gasteiger partial charge is 0.303 e. The summed E-state index contributed by atoms with van der Waals surface area (Å²) in [5.74, 6) is -0.605. The molecule has 6 nitrogen and oxygen atoms in total. The van der Waals surface area contributed by atoms with E-state index in [2.05, 4.69) is 5.10 Å². The first-order valence-electron chi connectivity index (χ1n) is 8.49. The number of nitrogens with zero attached hydrogens (tertiary/aromatic N) is 2. The Balaban J connectivity index is 1.89. The molecular weight excluding hydrogens is 368 g/mol. The second-order valence-electron chi connectivity index (χ2n) is 6.18. The molecule has 2 aromatic rings. The van der Waals surface area contributed by atoms with E-state index in [0.29, 0.717) is 11.4 Å². The monoisotopic (exact) mass is 386 g/mol. The molecule has 0 radical (unpaired) electrons. The van der Waals surface area contributed by atoms with Crippen molar-refractivity contribution in [1.82, 2.24) is 5.01 Å². The van der Waals surface area contributed by atoms with Gasteiger partial charge in [-0.3, -0.25) is 9.59 Å². The van der Waals surface area contributed by atoms with Crippen LogP contribution in [0.25, 0.3) is 0 Å². The zero-order valence-corrected chi connectivity index (χ0v) is 15.5. The number of hydrogen-bond donors (Lipinski definition) is 1. The Morgan fingerprint density at radius 3 is 2.41 bits per heavy atom. The maximum absolute atomic E-state index is 12.6. The third kappa shape index (κ3) is 4.46. The third-order valence-corrected chi connectivity index (χ3v) is 4.65. The van der Waals surface area contributed by atoms with Gasteiger partial charge in [0.2, 0.25) is 5.91 Å². The minimum Gasteiger partial charge on any atom is -0.497 e. The van der Waals surface area contributed by atoms with Gasteiger partial charge < -0.3 is 9.84 Å².